The van der Waals surface area contributed by atoms with Gasteiger partial charge in [-0.15, -0.1) is 11.3 Å². The van der Waals surface area contributed by atoms with E-state index in [2.05, 4.69) is 4.72 Å². The Bertz CT molecular complexity index is 982. The van der Waals surface area contributed by atoms with Crippen molar-refractivity contribution in [2.75, 3.05) is 23.1 Å². The second kappa shape index (κ2) is 7.51. The number of sulfonamides is 2. The third-order valence-electron chi connectivity index (χ3n) is 4.44. The van der Waals surface area contributed by atoms with Gasteiger partial charge in [0.2, 0.25) is 20.0 Å². The van der Waals surface area contributed by atoms with Gasteiger partial charge in [0.15, 0.2) is 0 Å². The number of aliphatic hydroxyl groups is 1. The van der Waals surface area contributed by atoms with E-state index in [1.807, 2.05) is 5.38 Å². The largest absolute Gasteiger partial charge is 0.383 e. The van der Waals surface area contributed by atoms with Crippen molar-refractivity contribution in [2.45, 2.75) is 30.3 Å². The first-order chi connectivity index (χ1) is 12.6. The third-order valence-corrected chi connectivity index (χ3v) is 8.85. The number of anilines is 1. The van der Waals surface area contributed by atoms with Gasteiger partial charge in [-0.1, -0.05) is 6.07 Å². The van der Waals surface area contributed by atoms with E-state index in [1.165, 1.54) is 39.9 Å². The minimum absolute atomic E-state index is 0.0163. The number of nitrogens with one attached hydrogen (secondary N) is 1. The number of thiophene rings is 1. The maximum absolute atomic E-state index is 12.5. The second-order valence-corrected chi connectivity index (χ2v) is 11.4. The van der Waals surface area contributed by atoms with E-state index in [4.69, 9.17) is 0 Å². The highest BCUT2D eigenvalue weighted by atomic mass is 32.2. The Morgan fingerprint density at radius 2 is 1.93 bits per heavy atom. The lowest BCUT2D eigenvalue weighted by Crippen LogP contribution is -2.38. The van der Waals surface area contributed by atoms with E-state index >= 15 is 0 Å². The molecule has 1 fully saturated rings. The van der Waals surface area contributed by atoms with Crippen molar-refractivity contribution < 1.29 is 21.9 Å². The lowest BCUT2D eigenvalue weighted by atomic mass is 10.1. The van der Waals surface area contributed by atoms with Crippen LogP contribution in [0.25, 0.3) is 0 Å². The van der Waals surface area contributed by atoms with E-state index in [-0.39, 0.29) is 17.2 Å². The molecule has 2 heterocycles. The fraction of sp³-hybridized carbons (Fsp3) is 0.412. The second-order valence-electron chi connectivity index (χ2n) is 6.66. The first kappa shape index (κ1) is 20.3. The van der Waals surface area contributed by atoms with Crippen molar-refractivity contribution >= 4 is 37.1 Å². The van der Waals surface area contributed by atoms with E-state index in [0.29, 0.717) is 23.5 Å². The molecule has 1 atom stereocenters. The van der Waals surface area contributed by atoms with Crippen LogP contribution in [0.1, 0.15) is 24.6 Å². The topological polar surface area (TPSA) is 104 Å². The maximum atomic E-state index is 12.5. The van der Waals surface area contributed by atoms with Crippen molar-refractivity contribution in [3.63, 3.8) is 0 Å². The van der Waals surface area contributed by atoms with Crippen molar-refractivity contribution in [1.29, 1.82) is 0 Å². The summed E-state index contributed by atoms with van der Waals surface area (Å²) in [5, 5.41) is 12.3. The van der Waals surface area contributed by atoms with Crippen LogP contribution in [0.5, 0.6) is 0 Å². The molecule has 0 radical (unpaired) electrons. The Morgan fingerprint density at radius 1 is 1.22 bits per heavy atom. The fourth-order valence-corrected chi connectivity index (χ4v) is 6.42. The summed E-state index contributed by atoms with van der Waals surface area (Å²) in [4.78, 5) is 0.679. The SMILES string of the molecule is C[C@@](O)(CNS(=O)(=O)c1ccc(N2CCCCS2(=O)=O)cc1)c1cccs1. The van der Waals surface area contributed by atoms with E-state index < -0.39 is 25.6 Å². The minimum atomic E-state index is -3.83. The van der Waals surface area contributed by atoms with E-state index in [1.54, 1.807) is 19.1 Å². The number of hydrogen-bond acceptors (Lipinski definition) is 6. The summed E-state index contributed by atoms with van der Waals surface area (Å²) in [6.07, 6.45) is 1.41. The zero-order chi connectivity index (χ0) is 19.7. The van der Waals surface area contributed by atoms with Crippen molar-refractivity contribution in [3.05, 3.63) is 46.7 Å². The lowest BCUT2D eigenvalue weighted by molar-refractivity contribution is 0.0666. The molecule has 1 aliphatic rings. The van der Waals surface area contributed by atoms with Crippen molar-refractivity contribution in [1.82, 2.24) is 4.72 Å². The molecule has 0 spiro atoms. The highest BCUT2D eigenvalue weighted by Crippen LogP contribution is 2.26. The van der Waals surface area contributed by atoms with Gasteiger partial charge >= 0.3 is 0 Å². The Morgan fingerprint density at radius 3 is 2.52 bits per heavy atom. The molecule has 0 bridgehead atoms. The molecule has 1 saturated heterocycles. The average molecular weight is 431 g/mol. The first-order valence-corrected chi connectivity index (χ1v) is 12.5. The molecule has 7 nitrogen and oxygen atoms in total. The van der Waals surface area contributed by atoms with Gasteiger partial charge in [0.1, 0.15) is 5.60 Å². The molecule has 2 aromatic rings. The Hall–Kier alpha value is -1.46. The van der Waals surface area contributed by atoms with Crippen molar-refractivity contribution in [3.8, 4) is 0 Å². The molecule has 3 rings (SSSR count). The van der Waals surface area contributed by atoms with Gasteiger partial charge in [-0.2, -0.15) is 0 Å². The highest BCUT2D eigenvalue weighted by Gasteiger charge is 2.28. The molecule has 0 aliphatic carbocycles. The summed E-state index contributed by atoms with van der Waals surface area (Å²) >= 11 is 1.35. The average Bonchev–Trinajstić information content (AvgIpc) is 3.16. The molecule has 0 unspecified atom stereocenters. The van der Waals surface area contributed by atoms with Gasteiger partial charge in [-0.05, 0) is 55.5 Å². The predicted molar refractivity (Wildman–Crippen MR) is 106 cm³/mol. The molecule has 1 aromatic carbocycles. The van der Waals surface area contributed by atoms with E-state index in [0.717, 1.165) is 6.42 Å². The predicted octanol–water partition coefficient (Wildman–Crippen LogP) is 1.86. The van der Waals surface area contributed by atoms with Gasteiger partial charge in [0, 0.05) is 18.0 Å². The van der Waals surface area contributed by atoms with Crippen LogP contribution in [0.4, 0.5) is 5.69 Å². The van der Waals surface area contributed by atoms with Gasteiger partial charge in [0.25, 0.3) is 0 Å². The van der Waals surface area contributed by atoms with Gasteiger partial charge in [-0.25, -0.2) is 21.6 Å². The van der Waals surface area contributed by atoms with Crippen LogP contribution >= 0.6 is 11.3 Å². The van der Waals surface area contributed by atoms with Crippen LogP contribution < -0.4 is 9.03 Å². The molecule has 1 aliphatic heterocycles. The van der Waals surface area contributed by atoms with Crippen LogP contribution in [0, 0.1) is 0 Å². The summed E-state index contributed by atoms with van der Waals surface area (Å²) in [6, 6.07) is 9.27. The van der Waals surface area contributed by atoms with E-state index in [9.17, 15) is 21.9 Å². The van der Waals surface area contributed by atoms with Crippen LogP contribution in [0.3, 0.4) is 0 Å². The molecule has 0 amide bonds. The summed E-state index contributed by atoms with van der Waals surface area (Å²) in [5.74, 6) is 0.104. The molecular formula is C17H22N2O5S3. The zero-order valence-corrected chi connectivity index (χ0v) is 17.3. The molecular weight excluding hydrogens is 408 g/mol. The number of benzene rings is 1. The van der Waals surface area contributed by atoms with Crippen molar-refractivity contribution in [2.24, 2.45) is 0 Å². The summed E-state index contributed by atoms with van der Waals surface area (Å²) in [7, 11) is -7.18. The number of hydrogen-bond donors (Lipinski definition) is 2. The fourth-order valence-electron chi connectivity index (χ4n) is 2.86. The third kappa shape index (κ3) is 4.52. The minimum Gasteiger partial charge on any atom is -0.383 e. The summed E-state index contributed by atoms with van der Waals surface area (Å²) in [6.45, 7) is 1.78. The summed E-state index contributed by atoms with van der Waals surface area (Å²) < 4.78 is 53.1. The molecule has 2 N–H and O–H groups in total. The monoisotopic (exact) mass is 430 g/mol. The van der Waals surface area contributed by atoms with Crippen LogP contribution in [0.15, 0.2) is 46.7 Å². The molecule has 10 heteroatoms. The Labute approximate surface area is 163 Å². The highest BCUT2D eigenvalue weighted by molar-refractivity contribution is 7.92. The first-order valence-electron chi connectivity index (χ1n) is 8.48. The lowest BCUT2D eigenvalue weighted by Gasteiger charge is -2.28. The summed E-state index contributed by atoms with van der Waals surface area (Å²) in [5.41, 5.74) is -0.859. The zero-order valence-electron chi connectivity index (χ0n) is 14.8. The Balaban J connectivity index is 1.74. The quantitative estimate of drug-likeness (QED) is 0.728. The maximum Gasteiger partial charge on any atom is 0.240 e. The van der Waals surface area contributed by atoms with Crippen LogP contribution in [-0.4, -0.2) is 40.8 Å². The van der Waals surface area contributed by atoms with Gasteiger partial charge in [0.05, 0.1) is 16.3 Å². The normalized spacial score (nSPS) is 19.6. The number of nitrogens with zero attached hydrogens (tertiary/aromatic N) is 1. The van der Waals surface area contributed by atoms with Gasteiger partial charge < -0.3 is 5.11 Å². The van der Waals surface area contributed by atoms with Crippen LogP contribution in [-0.2, 0) is 25.6 Å². The standard InChI is InChI=1S/C17H22N2O5S3/c1-17(20,16-5-4-11-25-16)13-18-27(23,24)15-8-6-14(7-9-15)19-10-2-3-12-26(19,21)22/h4-9,11,18,20H,2-3,10,12-13H2,1H3/t17-/m1/s1. The van der Waals surface area contributed by atoms with Crippen LogP contribution in [0.2, 0.25) is 0 Å². The molecule has 148 valence electrons. The Kier molecular flexibility index (Phi) is 5.64. The molecule has 27 heavy (non-hydrogen) atoms. The van der Waals surface area contributed by atoms with Gasteiger partial charge in [-0.3, -0.25) is 4.31 Å². The molecule has 0 saturated carbocycles. The number of rotatable bonds is 6. The molecule has 1 aromatic heterocycles. The smallest absolute Gasteiger partial charge is 0.240 e.